The van der Waals surface area contributed by atoms with Crippen molar-refractivity contribution in [2.24, 2.45) is 0 Å². The van der Waals surface area contributed by atoms with Crippen LogP contribution in [0.3, 0.4) is 0 Å². The van der Waals surface area contributed by atoms with Crippen LogP contribution >= 0.6 is 11.6 Å². The predicted molar refractivity (Wildman–Crippen MR) is 133 cm³/mol. The third-order valence-electron chi connectivity index (χ3n) is 5.88. The Kier molecular flexibility index (Phi) is 6.86. The van der Waals surface area contributed by atoms with Crippen molar-refractivity contribution in [1.29, 1.82) is 5.26 Å². The van der Waals surface area contributed by atoms with Crippen molar-refractivity contribution in [3.63, 3.8) is 0 Å². The van der Waals surface area contributed by atoms with Crippen LogP contribution in [0, 0.1) is 11.3 Å². The van der Waals surface area contributed by atoms with E-state index in [1.807, 2.05) is 6.07 Å². The number of hydrogen-bond acceptors (Lipinski definition) is 7. The Labute approximate surface area is 212 Å². The maximum Gasteiger partial charge on any atom is 0.300 e. The van der Waals surface area contributed by atoms with E-state index in [0.717, 1.165) is 0 Å². The van der Waals surface area contributed by atoms with Gasteiger partial charge in [-0.15, -0.1) is 0 Å². The van der Waals surface area contributed by atoms with E-state index in [4.69, 9.17) is 31.1 Å². The SMILES string of the molecule is COc1ccc(C2/C(=C(\O)c3cc(OC)c(Cl)cc3OC)C(=O)C(=O)N2c2ccc(C#N)cc2)cc1. The molecule has 9 heteroatoms. The number of halogens is 1. The van der Waals surface area contributed by atoms with Crippen molar-refractivity contribution in [3.05, 3.63) is 87.9 Å². The fourth-order valence-electron chi connectivity index (χ4n) is 4.09. The van der Waals surface area contributed by atoms with Crippen LogP contribution in [-0.4, -0.2) is 38.1 Å². The molecule has 1 heterocycles. The van der Waals surface area contributed by atoms with Crippen molar-refractivity contribution in [2.45, 2.75) is 6.04 Å². The second-order valence-corrected chi connectivity index (χ2v) is 8.20. The maximum absolute atomic E-state index is 13.4. The highest BCUT2D eigenvalue weighted by Gasteiger charge is 2.47. The predicted octanol–water partition coefficient (Wildman–Crippen LogP) is 4.86. The maximum atomic E-state index is 13.4. The normalized spacial score (nSPS) is 16.5. The van der Waals surface area contributed by atoms with E-state index >= 15 is 0 Å². The van der Waals surface area contributed by atoms with Gasteiger partial charge in [0.15, 0.2) is 0 Å². The smallest absolute Gasteiger partial charge is 0.300 e. The summed E-state index contributed by atoms with van der Waals surface area (Å²) in [5.74, 6) is -1.14. The van der Waals surface area contributed by atoms with Crippen LogP contribution < -0.4 is 19.1 Å². The van der Waals surface area contributed by atoms with E-state index in [2.05, 4.69) is 0 Å². The zero-order valence-corrected chi connectivity index (χ0v) is 20.4. The average molecular weight is 505 g/mol. The number of methoxy groups -OCH3 is 3. The van der Waals surface area contributed by atoms with Gasteiger partial charge in [0.2, 0.25) is 0 Å². The van der Waals surface area contributed by atoms with Crippen LogP contribution in [0.5, 0.6) is 17.2 Å². The summed E-state index contributed by atoms with van der Waals surface area (Å²) in [5, 5.41) is 20.8. The number of carbonyl (C=O) groups is 2. The minimum absolute atomic E-state index is 0.134. The van der Waals surface area contributed by atoms with Crippen molar-refractivity contribution in [3.8, 4) is 23.3 Å². The molecule has 1 aliphatic rings. The lowest BCUT2D eigenvalue weighted by atomic mass is 9.94. The first-order valence-electron chi connectivity index (χ1n) is 10.7. The fourth-order valence-corrected chi connectivity index (χ4v) is 4.32. The molecule has 182 valence electrons. The van der Waals surface area contributed by atoms with Gasteiger partial charge >= 0.3 is 0 Å². The standard InChI is InChI=1S/C27H21ClN2O6/c1-34-18-10-6-16(7-11-18)24-23(25(31)19-12-22(36-3)20(28)13-21(19)35-2)26(32)27(33)30(24)17-8-4-15(14-29)5-9-17/h4-13,24,31H,1-3H3/b25-23+. The number of aliphatic hydroxyl groups excluding tert-OH is 1. The lowest BCUT2D eigenvalue weighted by Crippen LogP contribution is -2.29. The highest BCUT2D eigenvalue weighted by atomic mass is 35.5. The Morgan fingerprint density at radius 2 is 1.58 bits per heavy atom. The Bertz CT molecular complexity index is 1410. The number of anilines is 1. The number of nitriles is 1. The van der Waals surface area contributed by atoms with Crippen LogP contribution in [0.25, 0.3) is 5.76 Å². The molecule has 4 rings (SSSR count). The van der Waals surface area contributed by atoms with E-state index in [1.165, 1.54) is 38.4 Å². The van der Waals surface area contributed by atoms with E-state index < -0.39 is 23.5 Å². The molecule has 36 heavy (non-hydrogen) atoms. The van der Waals surface area contributed by atoms with Gasteiger partial charge in [-0.2, -0.15) is 5.26 Å². The van der Waals surface area contributed by atoms with Crippen molar-refractivity contribution in [2.75, 3.05) is 26.2 Å². The summed E-state index contributed by atoms with van der Waals surface area (Å²) in [7, 11) is 4.34. The number of Topliss-reactive ketones (excluding diaryl/α,β-unsaturated/α-hetero) is 1. The Morgan fingerprint density at radius 1 is 0.944 bits per heavy atom. The zero-order chi connectivity index (χ0) is 26.0. The first-order chi connectivity index (χ1) is 17.3. The molecule has 3 aromatic rings. The number of aliphatic hydroxyl groups is 1. The number of benzene rings is 3. The van der Waals surface area contributed by atoms with Crippen LogP contribution in [0.4, 0.5) is 5.69 Å². The quantitative estimate of drug-likeness (QED) is 0.290. The zero-order valence-electron chi connectivity index (χ0n) is 19.6. The van der Waals surface area contributed by atoms with E-state index in [9.17, 15) is 14.7 Å². The molecule has 1 aliphatic heterocycles. The Balaban J connectivity index is 1.98. The van der Waals surface area contributed by atoms with Crippen LogP contribution in [0.2, 0.25) is 5.02 Å². The summed E-state index contributed by atoms with van der Waals surface area (Å²) >= 11 is 6.21. The molecular weight excluding hydrogens is 484 g/mol. The first kappa shape index (κ1) is 24.6. The highest BCUT2D eigenvalue weighted by molar-refractivity contribution is 6.51. The van der Waals surface area contributed by atoms with E-state index in [0.29, 0.717) is 22.6 Å². The summed E-state index contributed by atoms with van der Waals surface area (Å²) in [6, 6.07) is 17.0. The molecule has 0 bridgehead atoms. The van der Waals surface area contributed by atoms with Crippen molar-refractivity contribution in [1.82, 2.24) is 0 Å². The van der Waals surface area contributed by atoms with Gasteiger partial charge in [-0.3, -0.25) is 14.5 Å². The number of ketones is 1. The first-order valence-corrected chi connectivity index (χ1v) is 11.1. The molecule has 1 saturated heterocycles. The number of rotatable bonds is 6. The molecule has 8 nitrogen and oxygen atoms in total. The molecule has 0 radical (unpaired) electrons. The third kappa shape index (κ3) is 4.21. The lowest BCUT2D eigenvalue weighted by molar-refractivity contribution is -0.132. The summed E-state index contributed by atoms with van der Waals surface area (Å²) in [5.41, 5.74) is 1.33. The van der Waals surface area contributed by atoms with Gasteiger partial charge in [-0.25, -0.2) is 0 Å². The summed E-state index contributed by atoms with van der Waals surface area (Å²) in [6.07, 6.45) is 0. The minimum Gasteiger partial charge on any atom is -0.507 e. The van der Waals surface area contributed by atoms with E-state index in [-0.39, 0.29) is 27.7 Å². The van der Waals surface area contributed by atoms with Gasteiger partial charge in [0.25, 0.3) is 11.7 Å². The van der Waals surface area contributed by atoms with Crippen molar-refractivity contribution < 1.29 is 28.9 Å². The third-order valence-corrected chi connectivity index (χ3v) is 6.17. The Morgan fingerprint density at radius 3 is 2.14 bits per heavy atom. The minimum atomic E-state index is -0.977. The van der Waals surface area contributed by atoms with Crippen molar-refractivity contribution >= 4 is 34.7 Å². The van der Waals surface area contributed by atoms with Crippen LogP contribution in [-0.2, 0) is 9.59 Å². The van der Waals surface area contributed by atoms with Gasteiger partial charge in [0, 0.05) is 11.8 Å². The number of amides is 1. The number of nitrogens with zero attached hydrogens (tertiary/aromatic N) is 2. The highest BCUT2D eigenvalue weighted by Crippen LogP contribution is 2.45. The number of ether oxygens (including phenoxy) is 3. The molecule has 0 spiro atoms. The van der Waals surface area contributed by atoms with Gasteiger partial charge in [-0.05, 0) is 48.0 Å². The van der Waals surface area contributed by atoms with Gasteiger partial charge in [-0.1, -0.05) is 23.7 Å². The molecular formula is C27H21ClN2O6. The fraction of sp³-hybridized carbons (Fsp3) is 0.148. The molecule has 1 N–H and O–H groups in total. The molecule has 1 amide bonds. The summed E-state index contributed by atoms with van der Waals surface area (Å²) in [6.45, 7) is 0. The molecule has 1 atom stereocenters. The monoisotopic (exact) mass is 504 g/mol. The largest absolute Gasteiger partial charge is 0.507 e. The molecule has 1 fully saturated rings. The molecule has 1 unspecified atom stereocenters. The second-order valence-electron chi connectivity index (χ2n) is 7.79. The molecule has 0 aromatic heterocycles. The summed E-state index contributed by atoms with van der Waals surface area (Å²) in [4.78, 5) is 28.0. The molecule has 0 saturated carbocycles. The average Bonchev–Trinajstić information content (AvgIpc) is 3.18. The van der Waals surface area contributed by atoms with Gasteiger partial charge in [0.05, 0.1) is 55.2 Å². The van der Waals surface area contributed by atoms with Crippen LogP contribution in [0.1, 0.15) is 22.7 Å². The second kappa shape index (κ2) is 10.0. The summed E-state index contributed by atoms with van der Waals surface area (Å²) < 4.78 is 15.9. The van der Waals surface area contributed by atoms with Crippen LogP contribution in [0.15, 0.2) is 66.2 Å². The van der Waals surface area contributed by atoms with Gasteiger partial charge in [0.1, 0.15) is 23.0 Å². The topological polar surface area (TPSA) is 109 Å². The number of carbonyl (C=O) groups excluding carboxylic acids is 2. The molecule has 0 aliphatic carbocycles. The Hall–Kier alpha value is -4.48. The number of hydrogen-bond donors (Lipinski definition) is 1. The molecule has 3 aromatic carbocycles. The lowest BCUT2D eigenvalue weighted by Gasteiger charge is -2.25. The van der Waals surface area contributed by atoms with Gasteiger partial charge < -0.3 is 19.3 Å². The van der Waals surface area contributed by atoms with E-state index in [1.54, 1.807) is 48.5 Å².